The number of hydrogen-bond acceptors (Lipinski definition) is 4. The monoisotopic (exact) mass is 408 g/mol. The predicted molar refractivity (Wildman–Crippen MR) is 105 cm³/mol. The smallest absolute Gasteiger partial charge is 0.268 e. The molecule has 0 aliphatic carbocycles. The van der Waals surface area contributed by atoms with Gasteiger partial charge in [-0.3, -0.25) is 4.79 Å². The van der Waals surface area contributed by atoms with Crippen molar-refractivity contribution in [1.29, 1.82) is 0 Å². The summed E-state index contributed by atoms with van der Waals surface area (Å²) in [6.45, 7) is 0.545. The Kier molecular flexibility index (Phi) is 4.54. The summed E-state index contributed by atoms with van der Waals surface area (Å²) in [5.74, 6) is -0.0754. The van der Waals surface area contributed by atoms with Crippen molar-refractivity contribution in [2.75, 3.05) is 11.5 Å². The van der Waals surface area contributed by atoms with E-state index in [0.717, 1.165) is 15.8 Å². The Hall–Kier alpha value is -1.83. The Morgan fingerprint density at radius 1 is 1.27 bits per heavy atom. The second kappa shape index (κ2) is 6.72. The topological polar surface area (TPSA) is 68.2 Å². The molecule has 4 rings (SSSR count). The molecular weight excluding hydrogens is 392 g/mol. The number of benzene rings is 1. The van der Waals surface area contributed by atoms with Crippen molar-refractivity contribution < 1.29 is 13.2 Å². The Labute approximate surface area is 160 Å². The molecule has 1 saturated heterocycles. The Balaban J connectivity index is 1.63. The SMILES string of the molecule is O=C(N[C@@H]1CCS(=O)(=O)C1)c1cc2sccc2n1Cc1ccc(Cl)cc1. The molecule has 1 aromatic carbocycles. The molecule has 8 heteroatoms. The van der Waals surface area contributed by atoms with Crippen LogP contribution in [0.4, 0.5) is 0 Å². The summed E-state index contributed by atoms with van der Waals surface area (Å²) in [7, 11) is -3.03. The van der Waals surface area contributed by atoms with Crippen molar-refractivity contribution in [1.82, 2.24) is 9.88 Å². The van der Waals surface area contributed by atoms with Gasteiger partial charge in [-0.25, -0.2) is 8.42 Å². The number of hydrogen-bond donors (Lipinski definition) is 1. The number of halogens is 1. The van der Waals surface area contributed by atoms with Gasteiger partial charge in [0.25, 0.3) is 5.91 Å². The van der Waals surface area contributed by atoms with Crippen LogP contribution in [0.3, 0.4) is 0 Å². The Morgan fingerprint density at radius 3 is 2.73 bits per heavy atom. The van der Waals surface area contributed by atoms with Gasteiger partial charge in [0.05, 0.1) is 21.7 Å². The number of nitrogens with zero attached hydrogens (tertiary/aromatic N) is 1. The number of amides is 1. The van der Waals surface area contributed by atoms with E-state index < -0.39 is 9.84 Å². The van der Waals surface area contributed by atoms with Gasteiger partial charge in [0.2, 0.25) is 0 Å². The molecule has 136 valence electrons. The maximum absolute atomic E-state index is 12.8. The van der Waals surface area contributed by atoms with E-state index in [4.69, 9.17) is 11.6 Å². The minimum atomic E-state index is -3.03. The fraction of sp³-hybridized carbons (Fsp3) is 0.278. The molecule has 1 aliphatic rings. The highest BCUT2D eigenvalue weighted by Gasteiger charge is 2.30. The van der Waals surface area contributed by atoms with Crippen LogP contribution in [-0.2, 0) is 16.4 Å². The maximum Gasteiger partial charge on any atom is 0.268 e. The van der Waals surface area contributed by atoms with E-state index in [0.29, 0.717) is 23.7 Å². The van der Waals surface area contributed by atoms with Crippen molar-refractivity contribution in [3.8, 4) is 0 Å². The van der Waals surface area contributed by atoms with Crippen molar-refractivity contribution in [3.63, 3.8) is 0 Å². The van der Waals surface area contributed by atoms with Gasteiger partial charge in [0.15, 0.2) is 9.84 Å². The Bertz CT molecular complexity index is 1070. The van der Waals surface area contributed by atoms with Crippen molar-refractivity contribution >= 4 is 48.9 Å². The van der Waals surface area contributed by atoms with E-state index in [1.165, 1.54) is 0 Å². The van der Waals surface area contributed by atoms with Crippen LogP contribution in [0.2, 0.25) is 5.02 Å². The lowest BCUT2D eigenvalue weighted by Gasteiger charge is -2.14. The molecule has 0 saturated carbocycles. The summed E-state index contributed by atoms with van der Waals surface area (Å²) in [6, 6.07) is 11.1. The number of nitrogens with one attached hydrogen (secondary N) is 1. The summed E-state index contributed by atoms with van der Waals surface area (Å²) >= 11 is 7.53. The third kappa shape index (κ3) is 3.51. The number of sulfone groups is 1. The molecular formula is C18H17ClN2O3S2. The zero-order valence-electron chi connectivity index (χ0n) is 13.8. The summed E-state index contributed by atoms with van der Waals surface area (Å²) in [6.07, 6.45) is 0.473. The van der Waals surface area contributed by atoms with Gasteiger partial charge >= 0.3 is 0 Å². The highest BCUT2D eigenvalue weighted by atomic mass is 35.5. The second-order valence-electron chi connectivity index (χ2n) is 6.49. The number of rotatable bonds is 4. The average Bonchev–Trinajstić information content (AvgIpc) is 3.25. The van der Waals surface area contributed by atoms with Gasteiger partial charge in [-0.15, -0.1) is 11.3 Å². The maximum atomic E-state index is 12.8. The first-order chi connectivity index (χ1) is 12.4. The van der Waals surface area contributed by atoms with Crippen LogP contribution in [0.5, 0.6) is 0 Å². The molecule has 26 heavy (non-hydrogen) atoms. The Morgan fingerprint density at radius 2 is 2.04 bits per heavy atom. The lowest BCUT2D eigenvalue weighted by Crippen LogP contribution is -2.36. The van der Waals surface area contributed by atoms with E-state index in [1.54, 1.807) is 11.3 Å². The first-order valence-corrected chi connectivity index (χ1v) is 11.3. The normalized spacial score (nSPS) is 19.0. The van der Waals surface area contributed by atoms with Crippen LogP contribution in [-0.4, -0.2) is 36.4 Å². The first-order valence-electron chi connectivity index (χ1n) is 8.24. The first kappa shape index (κ1) is 17.6. The van der Waals surface area contributed by atoms with Crippen LogP contribution in [0.1, 0.15) is 22.5 Å². The molecule has 1 aliphatic heterocycles. The number of carbonyl (C=O) groups excluding carboxylic acids is 1. The van der Waals surface area contributed by atoms with Gasteiger partial charge in [-0.2, -0.15) is 0 Å². The fourth-order valence-electron chi connectivity index (χ4n) is 3.28. The third-order valence-corrected chi connectivity index (χ3v) is 7.45. The number of carbonyl (C=O) groups is 1. The van der Waals surface area contributed by atoms with Crippen LogP contribution in [0.15, 0.2) is 41.8 Å². The predicted octanol–water partition coefficient (Wildman–Crippen LogP) is 3.32. The molecule has 2 aromatic heterocycles. The minimum Gasteiger partial charge on any atom is -0.347 e. The van der Waals surface area contributed by atoms with E-state index in [-0.39, 0.29) is 23.5 Å². The molecule has 1 fully saturated rings. The fourth-order valence-corrected chi connectivity index (χ4v) is 5.90. The standard InChI is InChI=1S/C18H17ClN2O3S2/c19-13-3-1-12(2-4-13)10-21-15-5-7-25-17(15)9-16(21)18(22)20-14-6-8-26(23,24)11-14/h1-5,7,9,14H,6,8,10-11H2,(H,20,22)/t14-/m1/s1. The molecule has 0 spiro atoms. The molecule has 0 unspecified atom stereocenters. The van der Waals surface area contributed by atoms with E-state index >= 15 is 0 Å². The molecule has 1 amide bonds. The van der Waals surface area contributed by atoms with Crippen molar-refractivity contribution in [2.45, 2.75) is 19.0 Å². The summed E-state index contributed by atoms with van der Waals surface area (Å²) in [5.41, 5.74) is 2.58. The highest BCUT2D eigenvalue weighted by Crippen LogP contribution is 2.27. The average molecular weight is 409 g/mol. The summed E-state index contributed by atoms with van der Waals surface area (Å²) in [4.78, 5) is 12.8. The van der Waals surface area contributed by atoms with Gasteiger partial charge in [-0.1, -0.05) is 23.7 Å². The minimum absolute atomic E-state index is 0.0188. The van der Waals surface area contributed by atoms with E-state index in [1.807, 2.05) is 46.3 Å². The van der Waals surface area contributed by atoms with Gasteiger partial charge < -0.3 is 9.88 Å². The summed E-state index contributed by atoms with van der Waals surface area (Å²) in [5, 5.41) is 5.54. The van der Waals surface area contributed by atoms with Crippen LogP contribution >= 0.6 is 22.9 Å². The van der Waals surface area contributed by atoms with Crippen molar-refractivity contribution in [3.05, 3.63) is 58.1 Å². The zero-order chi connectivity index (χ0) is 18.3. The van der Waals surface area contributed by atoms with E-state index in [2.05, 4.69) is 5.32 Å². The van der Waals surface area contributed by atoms with Crippen molar-refractivity contribution in [2.24, 2.45) is 0 Å². The molecule has 0 radical (unpaired) electrons. The number of aromatic nitrogens is 1. The molecule has 3 heterocycles. The summed E-state index contributed by atoms with van der Waals surface area (Å²) < 4.78 is 26.3. The quantitative estimate of drug-likeness (QED) is 0.720. The largest absolute Gasteiger partial charge is 0.347 e. The van der Waals surface area contributed by atoms with Crippen LogP contribution < -0.4 is 5.32 Å². The number of fused-ring (bicyclic) bond motifs is 1. The van der Waals surface area contributed by atoms with Gasteiger partial charge in [0.1, 0.15) is 5.69 Å². The third-order valence-electron chi connectivity index (χ3n) is 4.58. The molecule has 3 aromatic rings. The molecule has 0 bridgehead atoms. The lowest BCUT2D eigenvalue weighted by atomic mass is 10.2. The zero-order valence-corrected chi connectivity index (χ0v) is 16.2. The molecule has 1 N–H and O–H groups in total. The number of thiophene rings is 1. The second-order valence-corrected chi connectivity index (χ2v) is 10.1. The van der Waals surface area contributed by atoms with Crippen LogP contribution in [0.25, 0.3) is 10.2 Å². The van der Waals surface area contributed by atoms with Gasteiger partial charge in [-0.05, 0) is 41.6 Å². The van der Waals surface area contributed by atoms with E-state index in [9.17, 15) is 13.2 Å². The van der Waals surface area contributed by atoms with Crippen LogP contribution in [0, 0.1) is 0 Å². The van der Waals surface area contributed by atoms with Gasteiger partial charge in [0, 0.05) is 17.6 Å². The lowest BCUT2D eigenvalue weighted by molar-refractivity contribution is 0.0932. The molecule has 1 atom stereocenters. The molecule has 5 nitrogen and oxygen atoms in total. The highest BCUT2D eigenvalue weighted by molar-refractivity contribution is 7.91.